The van der Waals surface area contributed by atoms with Gasteiger partial charge in [-0.3, -0.25) is 13.9 Å². The Bertz CT molecular complexity index is 1680. The van der Waals surface area contributed by atoms with Crippen molar-refractivity contribution in [1.29, 1.82) is 0 Å². The van der Waals surface area contributed by atoms with Gasteiger partial charge in [0.15, 0.2) is 0 Å². The Morgan fingerprint density at radius 3 is 2.04 bits per heavy atom. The molecule has 0 aromatic heterocycles. The molecule has 10 heteroatoms. The number of hydrogen-bond acceptors (Lipinski definition) is 4. The van der Waals surface area contributed by atoms with E-state index in [1.165, 1.54) is 17.0 Å². The molecule has 1 saturated carbocycles. The molecule has 5 rings (SSSR count). The highest BCUT2D eigenvalue weighted by Gasteiger charge is 2.35. The first-order chi connectivity index (χ1) is 21.7. The van der Waals surface area contributed by atoms with Gasteiger partial charge in [-0.2, -0.15) is 0 Å². The van der Waals surface area contributed by atoms with Gasteiger partial charge in [0.2, 0.25) is 11.8 Å². The Kier molecular flexibility index (Phi) is 11.2. The summed E-state index contributed by atoms with van der Waals surface area (Å²) in [5.74, 6) is -0.745. The second-order valence-electron chi connectivity index (χ2n) is 11.1. The lowest BCUT2D eigenvalue weighted by atomic mass is 10.0. The van der Waals surface area contributed by atoms with E-state index in [9.17, 15) is 18.0 Å². The summed E-state index contributed by atoms with van der Waals surface area (Å²) in [5, 5.41) is 3.74. The van der Waals surface area contributed by atoms with Crippen LogP contribution in [0.25, 0.3) is 0 Å². The van der Waals surface area contributed by atoms with E-state index >= 15 is 0 Å². The van der Waals surface area contributed by atoms with E-state index < -0.39 is 28.5 Å². The molecule has 0 bridgehead atoms. The van der Waals surface area contributed by atoms with Gasteiger partial charge in [0.05, 0.1) is 10.6 Å². The molecule has 234 valence electrons. The fraction of sp³-hybridized carbons (Fsp3) is 0.257. The maximum absolute atomic E-state index is 14.5. The molecule has 1 fully saturated rings. The number of carbonyl (C=O) groups is 2. The molecule has 0 radical (unpaired) electrons. The fourth-order valence-electron chi connectivity index (χ4n) is 5.56. The molecule has 0 aliphatic heterocycles. The monoisotopic (exact) mass is 755 g/mol. The van der Waals surface area contributed by atoms with Gasteiger partial charge in [-0.1, -0.05) is 85.1 Å². The zero-order valence-electron chi connectivity index (χ0n) is 24.7. The number of sulfonamides is 1. The van der Waals surface area contributed by atoms with Gasteiger partial charge < -0.3 is 10.2 Å². The highest BCUT2D eigenvalue weighted by molar-refractivity contribution is 14.1. The van der Waals surface area contributed by atoms with Crippen LogP contribution >= 0.6 is 34.2 Å². The molecular formula is C35H35ClIN3O4S. The molecular weight excluding hydrogens is 721 g/mol. The summed E-state index contributed by atoms with van der Waals surface area (Å²) in [6.45, 7) is -0.398. The highest BCUT2D eigenvalue weighted by atomic mass is 127. The van der Waals surface area contributed by atoms with E-state index in [0.29, 0.717) is 10.7 Å². The fourth-order valence-corrected chi connectivity index (χ4v) is 7.48. The summed E-state index contributed by atoms with van der Waals surface area (Å²) in [6, 6.07) is 30.9. The zero-order valence-corrected chi connectivity index (χ0v) is 28.4. The van der Waals surface area contributed by atoms with E-state index in [2.05, 4.69) is 27.9 Å². The average molecular weight is 756 g/mol. The van der Waals surface area contributed by atoms with Crippen LogP contribution in [0.5, 0.6) is 0 Å². The minimum atomic E-state index is -4.13. The Morgan fingerprint density at radius 1 is 0.822 bits per heavy atom. The molecule has 7 nitrogen and oxygen atoms in total. The van der Waals surface area contributed by atoms with Crippen LogP contribution < -0.4 is 9.62 Å². The second kappa shape index (κ2) is 15.2. The van der Waals surface area contributed by atoms with Crippen molar-refractivity contribution in [3.8, 4) is 0 Å². The van der Waals surface area contributed by atoms with Crippen LogP contribution in [0.4, 0.5) is 5.69 Å². The molecule has 0 heterocycles. The van der Waals surface area contributed by atoms with Crippen LogP contribution in [0.3, 0.4) is 0 Å². The summed E-state index contributed by atoms with van der Waals surface area (Å²) in [4.78, 5) is 30.2. The Labute approximate surface area is 283 Å². The number of hydrogen-bond donors (Lipinski definition) is 1. The van der Waals surface area contributed by atoms with E-state index in [4.69, 9.17) is 11.6 Å². The first-order valence-corrected chi connectivity index (χ1v) is 17.8. The van der Waals surface area contributed by atoms with Crippen LogP contribution in [0.1, 0.15) is 36.8 Å². The molecule has 1 aliphatic carbocycles. The van der Waals surface area contributed by atoms with Crippen molar-refractivity contribution in [2.45, 2.75) is 55.6 Å². The summed E-state index contributed by atoms with van der Waals surface area (Å²) >= 11 is 8.32. The molecule has 45 heavy (non-hydrogen) atoms. The van der Waals surface area contributed by atoms with E-state index in [-0.39, 0.29) is 29.8 Å². The van der Waals surface area contributed by atoms with Crippen molar-refractivity contribution in [2.24, 2.45) is 0 Å². The predicted octanol–water partition coefficient (Wildman–Crippen LogP) is 6.84. The Balaban J connectivity index is 1.55. The van der Waals surface area contributed by atoms with Crippen LogP contribution in [0, 0.1) is 3.57 Å². The third kappa shape index (κ3) is 8.65. The zero-order chi connectivity index (χ0) is 31.8. The summed E-state index contributed by atoms with van der Waals surface area (Å²) < 4.78 is 30.2. The largest absolute Gasteiger partial charge is 0.352 e. The van der Waals surface area contributed by atoms with E-state index in [1.54, 1.807) is 54.6 Å². The maximum atomic E-state index is 14.5. The average Bonchev–Trinajstić information content (AvgIpc) is 3.57. The van der Waals surface area contributed by atoms with Gasteiger partial charge in [-0.05, 0) is 95.1 Å². The van der Waals surface area contributed by atoms with E-state index in [0.717, 1.165) is 44.7 Å². The first-order valence-electron chi connectivity index (χ1n) is 14.9. The molecule has 4 aromatic rings. The molecule has 0 unspecified atom stereocenters. The molecule has 1 aliphatic rings. The molecule has 2 amide bonds. The number of nitrogens with zero attached hydrogens (tertiary/aromatic N) is 2. The van der Waals surface area contributed by atoms with Crippen molar-refractivity contribution in [1.82, 2.24) is 10.2 Å². The Hall–Kier alpha value is -3.41. The molecule has 0 spiro atoms. The van der Waals surface area contributed by atoms with Gasteiger partial charge in [0, 0.05) is 27.6 Å². The minimum absolute atomic E-state index is 0.0463. The number of anilines is 1. The number of nitrogens with one attached hydrogen (secondary N) is 1. The lowest BCUT2D eigenvalue weighted by Gasteiger charge is -2.34. The number of rotatable bonds is 12. The van der Waals surface area contributed by atoms with Crippen molar-refractivity contribution in [3.05, 3.63) is 129 Å². The van der Waals surface area contributed by atoms with Crippen LogP contribution in [0.15, 0.2) is 114 Å². The topological polar surface area (TPSA) is 86.8 Å². The molecule has 4 aromatic carbocycles. The summed E-state index contributed by atoms with van der Waals surface area (Å²) in [7, 11) is -4.13. The maximum Gasteiger partial charge on any atom is 0.264 e. The number of halogens is 2. The smallest absolute Gasteiger partial charge is 0.264 e. The number of benzene rings is 4. The van der Waals surface area contributed by atoms with Crippen molar-refractivity contribution >= 4 is 61.7 Å². The van der Waals surface area contributed by atoms with Crippen molar-refractivity contribution in [2.75, 3.05) is 10.8 Å². The van der Waals surface area contributed by atoms with Crippen LogP contribution in [-0.4, -0.2) is 43.8 Å². The predicted molar refractivity (Wildman–Crippen MR) is 186 cm³/mol. The van der Waals surface area contributed by atoms with Gasteiger partial charge in [-0.15, -0.1) is 0 Å². The van der Waals surface area contributed by atoms with Crippen LogP contribution in [-0.2, 0) is 32.6 Å². The van der Waals surface area contributed by atoms with Crippen LogP contribution in [0.2, 0.25) is 5.02 Å². The summed E-state index contributed by atoms with van der Waals surface area (Å²) in [5.41, 5.74) is 2.02. The highest BCUT2D eigenvalue weighted by Crippen LogP contribution is 2.26. The van der Waals surface area contributed by atoms with Crippen molar-refractivity contribution < 1.29 is 18.0 Å². The quantitative estimate of drug-likeness (QED) is 0.161. The first kappa shape index (κ1) is 33.0. The minimum Gasteiger partial charge on any atom is -0.352 e. The van der Waals surface area contributed by atoms with Gasteiger partial charge in [0.1, 0.15) is 12.6 Å². The van der Waals surface area contributed by atoms with Crippen molar-refractivity contribution in [3.63, 3.8) is 0 Å². The van der Waals surface area contributed by atoms with Gasteiger partial charge in [0.25, 0.3) is 10.0 Å². The normalized spacial score (nSPS) is 14.1. The number of amides is 2. The number of carbonyl (C=O) groups excluding carboxylic acids is 2. The van der Waals surface area contributed by atoms with Gasteiger partial charge >= 0.3 is 0 Å². The molecule has 1 atom stereocenters. The SMILES string of the molecule is O=C(NC1CCCC1)[C@H](Cc1ccccc1)N(Cc1ccc(Cl)cc1)C(=O)CN(c1ccc(I)cc1)S(=O)(=O)c1ccccc1. The molecule has 1 N–H and O–H groups in total. The lowest BCUT2D eigenvalue weighted by molar-refractivity contribution is -0.140. The second-order valence-corrected chi connectivity index (χ2v) is 14.7. The standard InChI is InChI=1S/C35H35ClIN3O4S/c36-28-17-15-27(16-18-28)24-39(33(23-26-9-3-1-4-10-26)35(42)38-30-11-7-8-12-30)34(41)25-40(31-21-19-29(37)20-22-31)45(43,44)32-13-5-2-6-14-32/h1-6,9-10,13-22,30,33H,7-8,11-12,23-25H2,(H,38,42)/t33-/m0/s1. The Morgan fingerprint density at radius 2 is 1.42 bits per heavy atom. The molecule has 0 saturated heterocycles. The van der Waals surface area contributed by atoms with E-state index in [1.807, 2.05) is 42.5 Å². The lowest BCUT2D eigenvalue weighted by Crippen LogP contribution is -2.54. The van der Waals surface area contributed by atoms with Gasteiger partial charge in [-0.25, -0.2) is 8.42 Å². The third-order valence-electron chi connectivity index (χ3n) is 7.96. The summed E-state index contributed by atoms with van der Waals surface area (Å²) in [6.07, 6.45) is 4.15. The third-order valence-corrected chi connectivity index (χ3v) is 10.7.